The Bertz CT molecular complexity index is 1750. The van der Waals surface area contributed by atoms with Crippen molar-refractivity contribution in [3.05, 3.63) is 77.6 Å². The van der Waals surface area contributed by atoms with Crippen molar-refractivity contribution in [2.24, 2.45) is 0 Å². The first-order chi connectivity index (χ1) is 20.2. The van der Waals surface area contributed by atoms with Crippen LogP contribution in [0.25, 0.3) is 22.3 Å². The average Bonchev–Trinajstić information content (AvgIpc) is 2.99. The highest BCUT2D eigenvalue weighted by Crippen LogP contribution is 2.30. The van der Waals surface area contributed by atoms with Crippen LogP contribution in [-0.2, 0) is 27.5 Å². The number of morpholine rings is 1. The number of sulfone groups is 1. The monoisotopic (exact) mass is 587 g/mol. The van der Waals surface area contributed by atoms with Crippen molar-refractivity contribution >= 4 is 32.5 Å². The van der Waals surface area contributed by atoms with Gasteiger partial charge in [0.1, 0.15) is 5.82 Å². The van der Waals surface area contributed by atoms with Crippen molar-refractivity contribution in [1.82, 2.24) is 20.3 Å². The van der Waals surface area contributed by atoms with Crippen LogP contribution in [0, 0.1) is 0 Å². The highest BCUT2D eigenvalue weighted by atomic mass is 32.2. The zero-order valence-corrected chi connectivity index (χ0v) is 24.3. The smallest absolute Gasteiger partial charge is 0.251 e. The third-order valence-electron chi connectivity index (χ3n) is 7.81. The van der Waals surface area contributed by atoms with E-state index in [4.69, 9.17) is 14.7 Å². The fraction of sp³-hybridized carbons (Fsp3) is 0.355. The molecule has 0 spiro atoms. The lowest BCUT2D eigenvalue weighted by Crippen LogP contribution is -2.45. The number of nitrogens with one attached hydrogen (secondary N) is 1. The summed E-state index contributed by atoms with van der Waals surface area (Å²) in [5.74, 6) is 0.479. The van der Waals surface area contributed by atoms with Gasteiger partial charge in [0.2, 0.25) is 0 Å². The summed E-state index contributed by atoms with van der Waals surface area (Å²) in [5, 5.41) is 12.4. The van der Waals surface area contributed by atoms with Crippen molar-refractivity contribution in [2.75, 3.05) is 24.6 Å². The summed E-state index contributed by atoms with van der Waals surface area (Å²) < 4.78 is 31.6. The van der Waals surface area contributed by atoms with Gasteiger partial charge in [0.15, 0.2) is 9.84 Å². The van der Waals surface area contributed by atoms with Gasteiger partial charge in [-0.2, -0.15) is 0 Å². The Morgan fingerprint density at radius 2 is 1.83 bits per heavy atom. The van der Waals surface area contributed by atoms with Gasteiger partial charge in [-0.3, -0.25) is 9.78 Å². The van der Waals surface area contributed by atoms with E-state index in [1.54, 1.807) is 18.3 Å². The van der Waals surface area contributed by atoms with Crippen LogP contribution in [0.5, 0.6) is 0 Å². The number of aliphatic hydroxyl groups excluding tert-OH is 1. The lowest BCUT2D eigenvalue weighted by molar-refractivity contribution is -0.00545. The number of aliphatic hydroxyl groups is 1. The zero-order valence-electron chi connectivity index (χ0n) is 23.5. The molecule has 3 aromatic heterocycles. The quantitative estimate of drug-likeness (QED) is 0.348. The molecule has 1 saturated heterocycles. The maximum Gasteiger partial charge on any atom is 0.251 e. The first-order valence-corrected chi connectivity index (χ1v) is 15.7. The molecule has 2 aliphatic rings. The van der Waals surface area contributed by atoms with Gasteiger partial charge >= 0.3 is 0 Å². The van der Waals surface area contributed by atoms with Crippen LogP contribution in [-0.4, -0.2) is 71.5 Å². The summed E-state index contributed by atoms with van der Waals surface area (Å²) in [7, 11) is -3.69. The van der Waals surface area contributed by atoms with Gasteiger partial charge in [0.25, 0.3) is 5.91 Å². The van der Waals surface area contributed by atoms with Gasteiger partial charge in [-0.25, -0.2) is 18.4 Å². The van der Waals surface area contributed by atoms with E-state index >= 15 is 0 Å². The first-order valence-electron chi connectivity index (χ1n) is 14.1. The topological polar surface area (TPSA) is 135 Å². The number of carbonyl (C=O) groups excluding carboxylic acids is 1. The number of carbonyl (C=O) groups is 1. The largest absolute Gasteiger partial charge is 0.395 e. The van der Waals surface area contributed by atoms with E-state index in [1.807, 2.05) is 36.4 Å². The normalized spacial score (nSPS) is 21.6. The molecular weight excluding hydrogens is 554 g/mol. The predicted molar refractivity (Wildman–Crippen MR) is 159 cm³/mol. The second-order valence-electron chi connectivity index (χ2n) is 11.0. The number of aryl methyl sites for hydroxylation is 1. The molecule has 0 aliphatic carbocycles. The van der Waals surface area contributed by atoms with Crippen LogP contribution in [0.1, 0.15) is 41.9 Å². The Balaban J connectivity index is 1.19. The number of pyridine rings is 3. The van der Waals surface area contributed by atoms with Crippen LogP contribution in [0.4, 0.5) is 5.82 Å². The van der Waals surface area contributed by atoms with Crippen LogP contribution < -0.4 is 10.2 Å². The molecule has 4 aromatic rings. The minimum absolute atomic E-state index is 0.122. The molecule has 0 bridgehead atoms. The highest BCUT2D eigenvalue weighted by Gasteiger charge is 2.33. The number of hydrogen-bond donors (Lipinski definition) is 2. The molecule has 6 rings (SSSR count). The summed E-state index contributed by atoms with van der Waals surface area (Å²) >= 11 is 0. The summed E-state index contributed by atoms with van der Waals surface area (Å²) in [4.78, 5) is 29.5. The Kier molecular flexibility index (Phi) is 7.65. The van der Waals surface area contributed by atoms with E-state index in [2.05, 4.69) is 29.0 Å². The predicted octanol–water partition coefficient (Wildman–Crippen LogP) is 3.32. The molecule has 1 amide bonds. The molecule has 3 atom stereocenters. The van der Waals surface area contributed by atoms with Crippen LogP contribution in [0.2, 0.25) is 0 Å². The molecular formula is C31H33N5O5S. The minimum atomic E-state index is -3.69. The standard InChI is InChI=1S/C31H33N5O5S/c1-19-16-36(17-20(2)41-19)30-5-3-4-26(35-30)27-11-9-23-14-32-24(13-28(23)34-27)15-33-31(38)22-7-6-21-8-10-25(18-37)42(39,40)29(21)12-22/h3-7,9,11-14,19-20,25,37H,8,10,15-18H2,1-2H3,(H,33,38)/t19-,20+,25?. The van der Waals surface area contributed by atoms with E-state index in [9.17, 15) is 18.3 Å². The SMILES string of the molecule is C[C@@H]1CN(c2cccc(-c3ccc4cnc(CNC(=O)c5ccc6c(c5)S(=O)(=O)C(CO)CC6)cc4n3)n2)C[C@H](C)O1. The number of hydrogen-bond acceptors (Lipinski definition) is 9. The number of fused-ring (bicyclic) bond motifs is 2. The number of ether oxygens (including phenoxy) is 1. The number of aromatic nitrogens is 3. The molecule has 10 nitrogen and oxygen atoms in total. The molecule has 2 N–H and O–H groups in total. The van der Waals surface area contributed by atoms with Gasteiger partial charge < -0.3 is 20.1 Å². The summed E-state index contributed by atoms with van der Waals surface area (Å²) in [5.41, 5.74) is 3.75. The number of benzene rings is 1. The number of anilines is 1. The fourth-order valence-electron chi connectivity index (χ4n) is 5.69. The Morgan fingerprint density at radius 3 is 2.62 bits per heavy atom. The van der Waals surface area contributed by atoms with Crippen LogP contribution in [0.3, 0.4) is 0 Å². The summed E-state index contributed by atoms with van der Waals surface area (Å²) in [6, 6.07) is 16.3. The summed E-state index contributed by atoms with van der Waals surface area (Å²) in [6.07, 6.45) is 2.89. The van der Waals surface area contributed by atoms with Gasteiger partial charge in [0.05, 0.1) is 58.1 Å². The molecule has 218 valence electrons. The molecule has 1 aromatic carbocycles. The molecule has 42 heavy (non-hydrogen) atoms. The highest BCUT2D eigenvalue weighted by molar-refractivity contribution is 7.92. The van der Waals surface area contributed by atoms with Crippen molar-refractivity contribution in [3.63, 3.8) is 0 Å². The van der Waals surface area contributed by atoms with E-state index < -0.39 is 27.6 Å². The molecule has 1 unspecified atom stereocenters. The fourth-order valence-corrected chi connectivity index (χ4v) is 7.50. The average molecular weight is 588 g/mol. The van der Waals surface area contributed by atoms with Crippen molar-refractivity contribution in [3.8, 4) is 11.4 Å². The van der Waals surface area contributed by atoms with Crippen molar-refractivity contribution < 1.29 is 23.1 Å². The van der Waals surface area contributed by atoms with Gasteiger partial charge in [0, 0.05) is 30.2 Å². The van der Waals surface area contributed by atoms with E-state index in [0.29, 0.717) is 24.1 Å². The number of nitrogens with zero attached hydrogens (tertiary/aromatic N) is 4. The van der Waals surface area contributed by atoms with Gasteiger partial charge in [-0.1, -0.05) is 12.1 Å². The lowest BCUT2D eigenvalue weighted by Gasteiger charge is -2.36. The number of rotatable bonds is 6. The van der Waals surface area contributed by atoms with Gasteiger partial charge in [-0.05, 0) is 74.7 Å². The van der Waals surface area contributed by atoms with Crippen LogP contribution >= 0.6 is 0 Å². The van der Waals surface area contributed by atoms with E-state index in [1.165, 1.54) is 6.07 Å². The van der Waals surface area contributed by atoms with Crippen molar-refractivity contribution in [1.29, 1.82) is 0 Å². The van der Waals surface area contributed by atoms with Crippen molar-refractivity contribution in [2.45, 2.75) is 55.6 Å². The molecule has 1 fully saturated rings. The third-order valence-corrected chi connectivity index (χ3v) is 10.1. The molecule has 0 saturated carbocycles. The summed E-state index contributed by atoms with van der Waals surface area (Å²) in [6.45, 7) is 5.39. The Labute approximate surface area is 244 Å². The van der Waals surface area contributed by atoms with Crippen LogP contribution in [0.15, 0.2) is 65.7 Å². The zero-order chi connectivity index (χ0) is 29.4. The molecule has 11 heteroatoms. The third kappa shape index (κ3) is 5.59. The first kappa shape index (κ1) is 28.2. The van der Waals surface area contributed by atoms with Gasteiger partial charge in [-0.15, -0.1) is 0 Å². The number of amides is 1. The second-order valence-corrected chi connectivity index (χ2v) is 13.2. The molecule has 5 heterocycles. The van der Waals surface area contributed by atoms with E-state index in [-0.39, 0.29) is 29.2 Å². The molecule has 0 radical (unpaired) electrons. The minimum Gasteiger partial charge on any atom is -0.395 e. The lowest BCUT2D eigenvalue weighted by atomic mass is 10.0. The Hall–Kier alpha value is -3.93. The maximum absolute atomic E-state index is 13.0. The molecule has 2 aliphatic heterocycles. The van der Waals surface area contributed by atoms with E-state index in [0.717, 1.165) is 41.2 Å². The Morgan fingerprint density at radius 1 is 1.05 bits per heavy atom. The second kappa shape index (κ2) is 11.4. The maximum atomic E-state index is 13.0.